The van der Waals surface area contributed by atoms with E-state index in [1.807, 2.05) is 4.90 Å². The molecule has 0 radical (unpaired) electrons. The van der Waals surface area contributed by atoms with Crippen molar-refractivity contribution in [3.8, 4) is 0 Å². The van der Waals surface area contributed by atoms with Gasteiger partial charge in [0, 0.05) is 39.3 Å². The molecule has 16 heavy (non-hydrogen) atoms. The first-order chi connectivity index (χ1) is 7.50. The monoisotopic (exact) mass is 224 g/mol. The van der Waals surface area contributed by atoms with Crippen molar-refractivity contribution in [2.75, 3.05) is 18.0 Å². The van der Waals surface area contributed by atoms with Crippen LogP contribution in [-0.2, 0) is 14.1 Å². The van der Waals surface area contributed by atoms with E-state index in [-0.39, 0.29) is 17.3 Å². The number of aromatic nitrogens is 2. The van der Waals surface area contributed by atoms with Crippen molar-refractivity contribution in [1.82, 2.24) is 9.13 Å². The van der Waals surface area contributed by atoms with E-state index in [1.54, 1.807) is 7.05 Å². The molecule has 0 amide bonds. The molecule has 2 N–H and O–H groups in total. The average molecular weight is 224 g/mol. The lowest BCUT2D eigenvalue weighted by molar-refractivity contribution is 0.671. The predicted molar refractivity (Wildman–Crippen MR) is 61.7 cm³/mol. The number of nitrogens with zero attached hydrogens (tertiary/aromatic N) is 3. The lowest BCUT2D eigenvalue weighted by Gasteiger charge is -2.20. The van der Waals surface area contributed by atoms with Crippen molar-refractivity contribution in [2.24, 2.45) is 19.8 Å². The van der Waals surface area contributed by atoms with Crippen LogP contribution in [0.15, 0.2) is 15.7 Å². The van der Waals surface area contributed by atoms with Gasteiger partial charge >= 0.3 is 5.69 Å². The molecule has 1 aliphatic heterocycles. The highest BCUT2D eigenvalue weighted by molar-refractivity contribution is 5.40. The van der Waals surface area contributed by atoms with Crippen molar-refractivity contribution in [3.63, 3.8) is 0 Å². The summed E-state index contributed by atoms with van der Waals surface area (Å²) in [5.41, 5.74) is 5.22. The highest BCUT2D eigenvalue weighted by atomic mass is 16.2. The summed E-state index contributed by atoms with van der Waals surface area (Å²) in [6.07, 6.45) is 0.892. The average Bonchev–Trinajstić information content (AvgIpc) is 2.67. The van der Waals surface area contributed by atoms with Crippen molar-refractivity contribution in [3.05, 3.63) is 26.9 Å². The molecule has 0 aliphatic carbocycles. The molecule has 2 rings (SSSR count). The molecule has 1 saturated heterocycles. The third-order valence-corrected chi connectivity index (χ3v) is 3.05. The second kappa shape index (κ2) is 3.79. The van der Waals surface area contributed by atoms with E-state index in [9.17, 15) is 9.59 Å². The molecule has 1 fully saturated rings. The van der Waals surface area contributed by atoms with E-state index in [1.165, 1.54) is 17.7 Å². The Morgan fingerprint density at radius 1 is 1.31 bits per heavy atom. The Labute approximate surface area is 92.9 Å². The normalized spacial score (nSPS) is 20.4. The van der Waals surface area contributed by atoms with Crippen molar-refractivity contribution < 1.29 is 0 Å². The fourth-order valence-corrected chi connectivity index (χ4v) is 2.02. The van der Waals surface area contributed by atoms with E-state index in [0.29, 0.717) is 12.4 Å². The van der Waals surface area contributed by atoms with Crippen LogP contribution in [0.1, 0.15) is 6.42 Å². The number of hydrogen-bond donors (Lipinski definition) is 1. The molecular formula is C10H16N4O2. The summed E-state index contributed by atoms with van der Waals surface area (Å²) in [4.78, 5) is 25.2. The zero-order valence-electron chi connectivity index (χ0n) is 9.51. The van der Waals surface area contributed by atoms with Gasteiger partial charge in [-0.1, -0.05) is 0 Å². The summed E-state index contributed by atoms with van der Waals surface area (Å²) in [6.45, 7) is 1.49. The molecule has 1 atom stereocenters. The second-order valence-electron chi connectivity index (χ2n) is 4.24. The Bertz CT molecular complexity index is 517. The molecule has 6 nitrogen and oxygen atoms in total. The maximum absolute atomic E-state index is 11.7. The van der Waals surface area contributed by atoms with E-state index >= 15 is 0 Å². The van der Waals surface area contributed by atoms with E-state index < -0.39 is 0 Å². The van der Waals surface area contributed by atoms with Crippen molar-refractivity contribution in [2.45, 2.75) is 12.5 Å². The molecule has 0 aromatic carbocycles. The molecule has 1 aliphatic rings. The van der Waals surface area contributed by atoms with Crippen LogP contribution in [0.25, 0.3) is 0 Å². The standard InChI is InChI=1S/C10H16N4O2/c1-12-8(14-4-3-7(11)6-14)5-9(15)13(2)10(12)16/h5,7H,3-4,6,11H2,1-2H3/t7-/m1/s1. The highest BCUT2D eigenvalue weighted by Crippen LogP contribution is 2.15. The second-order valence-corrected chi connectivity index (χ2v) is 4.24. The van der Waals surface area contributed by atoms with Gasteiger partial charge in [-0.25, -0.2) is 4.79 Å². The zero-order chi connectivity index (χ0) is 11.9. The molecule has 88 valence electrons. The van der Waals surface area contributed by atoms with Gasteiger partial charge in [0.2, 0.25) is 0 Å². The molecule has 2 heterocycles. The minimum atomic E-state index is -0.303. The lowest BCUT2D eigenvalue weighted by Crippen LogP contribution is -2.40. The molecule has 1 aromatic rings. The Hall–Kier alpha value is -1.56. The first-order valence-corrected chi connectivity index (χ1v) is 5.28. The largest absolute Gasteiger partial charge is 0.356 e. The maximum atomic E-state index is 11.7. The van der Waals surface area contributed by atoms with Gasteiger partial charge in [0.15, 0.2) is 0 Å². The number of rotatable bonds is 1. The molecule has 0 saturated carbocycles. The van der Waals surface area contributed by atoms with Crippen LogP contribution in [0, 0.1) is 0 Å². The topological polar surface area (TPSA) is 73.3 Å². The fraction of sp³-hybridized carbons (Fsp3) is 0.600. The molecule has 0 unspecified atom stereocenters. The summed E-state index contributed by atoms with van der Waals surface area (Å²) in [6, 6.07) is 1.61. The quantitative estimate of drug-likeness (QED) is 0.638. The van der Waals surface area contributed by atoms with Gasteiger partial charge in [-0.15, -0.1) is 0 Å². The first kappa shape index (κ1) is 10.9. The van der Waals surface area contributed by atoms with Gasteiger partial charge in [-0.3, -0.25) is 13.9 Å². The predicted octanol–water partition coefficient (Wildman–Crippen LogP) is -1.38. The van der Waals surface area contributed by atoms with Crippen LogP contribution in [0.5, 0.6) is 0 Å². The van der Waals surface area contributed by atoms with Gasteiger partial charge in [-0.2, -0.15) is 0 Å². The van der Waals surface area contributed by atoms with Crippen LogP contribution in [-0.4, -0.2) is 28.3 Å². The summed E-state index contributed by atoms with van der Waals surface area (Å²) in [7, 11) is 3.14. The molecule has 0 spiro atoms. The van der Waals surface area contributed by atoms with Crippen molar-refractivity contribution in [1.29, 1.82) is 0 Å². The summed E-state index contributed by atoms with van der Waals surface area (Å²) < 4.78 is 2.58. The van der Waals surface area contributed by atoms with Crippen LogP contribution >= 0.6 is 0 Å². The Morgan fingerprint density at radius 3 is 2.56 bits per heavy atom. The van der Waals surface area contributed by atoms with Crippen LogP contribution in [0.4, 0.5) is 5.82 Å². The molecular weight excluding hydrogens is 208 g/mol. The Morgan fingerprint density at radius 2 is 2.00 bits per heavy atom. The van der Waals surface area contributed by atoms with Crippen LogP contribution in [0.2, 0.25) is 0 Å². The Kier molecular flexibility index (Phi) is 2.59. The SMILES string of the molecule is Cn1c(N2CC[C@@H](N)C2)cc(=O)n(C)c1=O. The van der Waals surface area contributed by atoms with Crippen LogP contribution < -0.4 is 21.9 Å². The minimum absolute atomic E-state index is 0.124. The fourth-order valence-electron chi connectivity index (χ4n) is 2.02. The summed E-state index contributed by atoms with van der Waals surface area (Å²) in [5.74, 6) is 0.654. The van der Waals surface area contributed by atoms with Gasteiger partial charge in [0.05, 0.1) is 0 Å². The van der Waals surface area contributed by atoms with E-state index in [0.717, 1.165) is 17.5 Å². The van der Waals surface area contributed by atoms with Crippen molar-refractivity contribution >= 4 is 5.82 Å². The van der Waals surface area contributed by atoms with E-state index in [4.69, 9.17) is 5.73 Å². The third kappa shape index (κ3) is 1.65. The number of nitrogens with two attached hydrogens (primary N) is 1. The molecule has 6 heteroatoms. The number of anilines is 1. The summed E-state index contributed by atoms with van der Waals surface area (Å²) >= 11 is 0. The zero-order valence-corrected chi connectivity index (χ0v) is 9.51. The summed E-state index contributed by atoms with van der Waals surface area (Å²) in [5, 5.41) is 0. The van der Waals surface area contributed by atoms with Gasteiger partial charge in [0.25, 0.3) is 5.56 Å². The Balaban J connectivity index is 2.50. The van der Waals surface area contributed by atoms with Gasteiger partial charge in [-0.05, 0) is 6.42 Å². The lowest BCUT2D eigenvalue weighted by atomic mass is 10.3. The third-order valence-electron chi connectivity index (χ3n) is 3.05. The smallest absolute Gasteiger partial charge is 0.332 e. The maximum Gasteiger partial charge on any atom is 0.332 e. The molecule has 0 bridgehead atoms. The highest BCUT2D eigenvalue weighted by Gasteiger charge is 2.22. The number of hydrogen-bond acceptors (Lipinski definition) is 4. The minimum Gasteiger partial charge on any atom is -0.356 e. The van der Waals surface area contributed by atoms with Gasteiger partial charge < -0.3 is 10.6 Å². The first-order valence-electron chi connectivity index (χ1n) is 5.28. The molecule has 1 aromatic heterocycles. The van der Waals surface area contributed by atoms with E-state index in [2.05, 4.69) is 0 Å². The van der Waals surface area contributed by atoms with Crippen LogP contribution in [0.3, 0.4) is 0 Å². The van der Waals surface area contributed by atoms with Gasteiger partial charge in [0.1, 0.15) is 5.82 Å².